The molecule has 27 heavy (non-hydrogen) atoms. The maximum atomic E-state index is 12.4. The number of guanidine groups is 1. The van der Waals surface area contributed by atoms with E-state index in [4.69, 9.17) is 4.99 Å². The van der Waals surface area contributed by atoms with Gasteiger partial charge in [-0.15, -0.1) is 24.0 Å². The molecule has 1 amide bonds. The van der Waals surface area contributed by atoms with Gasteiger partial charge in [-0.2, -0.15) is 0 Å². The molecule has 1 atom stereocenters. The van der Waals surface area contributed by atoms with Crippen molar-refractivity contribution in [3.05, 3.63) is 35.4 Å². The molecular formula is C21H35IN4O. The molecule has 0 bridgehead atoms. The average molecular weight is 486 g/mol. The van der Waals surface area contributed by atoms with Crippen LogP contribution in [0.4, 0.5) is 0 Å². The summed E-state index contributed by atoms with van der Waals surface area (Å²) in [6.07, 6.45) is 2.53. The first-order valence-corrected chi connectivity index (χ1v) is 10.00. The normalized spacial score (nSPS) is 17.3. The quantitative estimate of drug-likeness (QED) is 0.376. The third-order valence-corrected chi connectivity index (χ3v) is 4.95. The Balaban J connectivity index is 0.00000364. The van der Waals surface area contributed by atoms with Crippen molar-refractivity contribution >= 4 is 35.8 Å². The van der Waals surface area contributed by atoms with Gasteiger partial charge < -0.3 is 15.1 Å². The maximum Gasteiger partial charge on any atom is 0.253 e. The van der Waals surface area contributed by atoms with Gasteiger partial charge in [0, 0.05) is 38.3 Å². The highest BCUT2D eigenvalue weighted by molar-refractivity contribution is 14.0. The van der Waals surface area contributed by atoms with E-state index in [1.54, 1.807) is 0 Å². The molecule has 0 aliphatic carbocycles. The van der Waals surface area contributed by atoms with Gasteiger partial charge in [0.25, 0.3) is 5.91 Å². The Bertz CT molecular complexity index is 599. The Morgan fingerprint density at radius 2 is 1.89 bits per heavy atom. The van der Waals surface area contributed by atoms with E-state index in [2.05, 4.69) is 24.1 Å². The van der Waals surface area contributed by atoms with Crippen LogP contribution >= 0.6 is 24.0 Å². The minimum atomic E-state index is 0. The van der Waals surface area contributed by atoms with E-state index in [0.29, 0.717) is 6.54 Å². The highest BCUT2D eigenvalue weighted by atomic mass is 127. The molecular weight excluding hydrogens is 451 g/mol. The van der Waals surface area contributed by atoms with Crippen LogP contribution in [-0.4, -0.2) is 54.4 Å². The topological polar surface area (TPSA) is 47.9 Å². The van der Waals surface area contributed by atoms with E-state index >= 15 is 0 Å². The average Bonchev–Trinajstić information content (AvgIpc) is 2.66. The van der Waals surface area contributed by atoms with Crippen molar-refractivity contribution in [2.45, 2.75) is 47.1 Å². The van der Waals surface area contributed by atoms with Crippen LogP contribution in [0.5, 0.6) is 0 Å². The fourth-order valence-electron chi connectivity index (χ4n) is 3.42. The van der Waals surface area contributed by atoms with Gasteiger partial charge >= 0.3 is 0 Å². The summed E-state index contributed by atoms with van der Waals surface area (Å²) in [7, 11) is 0. The molecule has 152 valence electrons. The van der Waals surface area contributed by atoms with Gasteiger partial charge in [0.05, 0.1) is 6.54 Å². The summed E-state index contributed by atoms with van der Waals surface area (Å²) in [5.74, 6) is 1.82. The number of benzene rings is 1. The van der Waals surface area contributed by atoms with E-state index in [0.717, 1.165) is 55.7 Å². The molecule has 1 aromatic rings. The number of aliphatic imine (C=N–C) groups is 1. The molecule has 5 nitrogen and oxygen atoms in total. The van der Waals surface area contributed by atoms with Gasteiger partial charge in [-0.1, -0.05) is 19.1 Å². The third kappa shape index (κ3) is 6.97. The van der Waals surface area contributed by atoms with Crippen molar-refractivity contribution < 1.29 is 4.79 Å². The Kier molecular flexibility index (Phi) is 10.7. The summed E-state index contributed by atoms with van der Waals surface area (Å²) in [6.45, 7) is 13.6. The monoisotopic (exact) mass is 486 g/mol. The van der Waals surface area contributed by atoms with E-state index in [1.165, 1.54) is 12.8 Å². The van der Waals surface area contributed by atoms with Crippen LogP contribution in [0, 0.1) is 5.92 Å². The second-order valence-corrected chi connectivity index (χ2v) is 7.04. The lowest BCUT2D eigenvalue weighted by molar-refractivity contribution is 0.0773. The van der Waals surface area contributed by atoms with E-state index < -0.39 is 0 Å². The fraction of sp³-hybridized carbons (Fsp3) is 0.619. The Labute approximate surface area is 181 Å². The molecule has 1 N–H and O–H groups in total. The van der Waals surface area contributed by atoms with Crippen molar-refractivity contribution in [3.63, 3.8) is 0 Å². The maximum absolute atomic E-state index is 12.4. The second-order valence-electron chi connectivity index (χ2n) is 7.04. The van der Waals surface area contributed by atoms with Gasteiger partial charge in [0.1, 0.15) is 0 Å². The lowest BCUT2D eigenvalue weighted by atomic mass is 10.0. The molecule has 2 rings (SSSR count). The molecule has 1 saturated heterocycles. The number of likely N-dealkylation sites (tertiary alicyclic amines) is 1. The molecule has 0 aromatic heterocycles. The number of amides is 1. The smallest absolute Gasteiger partial charge is 0.253 e. The minimum absolute atomic E-state index is 0. The van der Waals surface area contributed by atoms with E-state index in [1.807, 2.05) is 43.0 Å². The highest BCUT2D eigenvalue weighted by Crippen LogP contribution is 2.16. The highest BCUT2D eigenvalue weighted by Gasteiger charge is 2.19. The van der Waals surface area contributed by atoms with Gasteiger partial charge in [0.15, 0.2) is 5.96 Å². The predicted octanol–water partition coefficient (Wildman–Crippen LogP) is 3.98. The number of rotatable bonds is 6. The molecule has 1 fully saturated rings. The zero-order valence-electron chi connectivity index (χ0n) is 17.2. The number of nitrogens with one attached hydrogen (secondary N) is 1. The molecule has 0 spiro atoms. The summed E-state index contributed by atoms with van der Waals surface area (Å²) >= 11 is 0. The summed E-state index contributed by atoms with van der Waals surface area (Å²) in [5, 5.41) is 3.42. The van der Waals surface area contributed by atoms with Crippen molar-refractivity contribution in [1.82, 2.24) is 15.1 Å². The predicted molar refractivity (Wildman–Crippen MR) is 124 cm³/mol. The minimum Gasteiger partial charge on any atom is -0.357 e. The molecule has 1 unspecified atom stereocenters. The first-order valence-electron chi connectivity index (χ1n) is 10.00. The number of hydrogen-bond acceptors (Lipinski definition) is 2. The first-order chi connectivity index (χ1) is 12.6. The van der Waals surface area contributed by atoms with Crippen LogP contribution in [0.1, 0.15) is 56.5 Å². The Morgan fingerprint density at radius 3 is 2.44 bits per heavy atom. The third-order valence-electron chi connectivity index (χ3n) is 4.95. The van der Waals surface area contributed by atoms with Crippen molar-refractivity contribution in [1.29, 1.82) is 0 Å². The summed E-state index contributed by atoms with van der Waals surface area (Å²) in [6, 6.07) is 7.87. The molecule has 1 heterocycles. The summed E-state index contributed by atoms with van der Waals surface area (Å²) in [4.78, 5) is 21.4. The molecule has 1 aliphatic rings. The van der Waals surface area contributed by atoms with Crippen LogP contribution in [0.15, 0.2) is 29.3 Å². The number of halogens is 1. The number of piperidine rings is 1. The Hall–Kier alpha value is -1.31. The van der Waals surface area contributed by atoms with E-state index in [-0.39, 0.29) is 29.9 Å². The van der Waals surface area contributed by atoms with E-state index in [9.17, 15) is 4.79 Å². The van der Waals surface area contributed by atoms with Crippen molar-refractivity contribution in [3.8, 4) is 0 Å². The van der Waals surface area contributed by atoms with Crippen molar-refractivity contribution in [2.75, 3.05) is 32.7 Å². The van der Waals surface area contributed by atoms with Gasteiger partial charge in [-0.05, 0) is 57.2 Å². The zero-order chi connectivity index (χ0) is 18.9. The summed E-state index contributed by atoms with van der Waals surface area (Å²) < 4.78 is 0. The van der Waals surface area contributed by atoms with Gasteiger partial charge in [0.2, 0.25) is 0 Å². The zero-order valence-corrected chi connectivity index (χ0v) is 19.5. The first kappa shape index (κ1) is 23.7. The van der Waals surface area contributed by atoms with Crippen LogP contribution in [0.3, 0.4) is 0 Å². The lowest BCUT2D eigenvalue weighted by Crippen LogP contribution is -2.46. The number of carbonyl (C=O) groups is 1. The van der Waals surface area contributed by atoms with Gasteiger partial charge in [-0.3, -0.25) is 4.79 Å². The number of nitrogens with zero attached hydrogens (tertiary/aromatic N) is 3. The standard InChI is InChI=1S/C21H34N4O.HI/c1-5-22-21(25-14-8-9-17(4)16-25)23-15-18-10-12-19(13-11-18)20(26)24(6-2)7-3;/h10-13,17H,5-9,14-16H2,1-4H3,(H,22,23);1H. The molecule has 1 aromatic carbocycles. The number of carbonyl (C=O) groups excluding carboxylic acids is 1. The molecule has 6 heteroatoms. The Morgan fingerprint density at radius 1 is 1.22 bits per heavy atom. The molecule has 1 aliphatic heterocycles. The number of hydrogen-bond donors (Lipinski definition) is 1. The van der Waals surface area contributed by atoms with Crippen LogP contribution in [-0.2, 0) is 6.54 Å². The van der Waals surface area contributed by atoms with Crippen LogP contribution in [0.25, 0.3) is 0 Å². The van der Waals surface area contributed by atoms with Crippen molar-refractivity contribution in [2.24, 2.45) is 10.9 Å². The van der Waals surface area contributed by atoms with Crippen LogP contribution < -0.4 is 5.32 Å². The summed E-state index contributed by atoms with van der Waals surface area (Å²) in [5.41, 5.74) is 1.87. The lowest BCUT2D eigenvalue weighted by Gasteiger charge is -2.33. The second kappa shape index (κ2) is 12.2. The fourth-order valence-corrected chi connectivity index (χ4v) is 3.42. The molecule has 0 radical (unpaired) electrons. The van der Waals surface area contributed by atoms with Crippen LogP contribution in [0.2, 0.25) is 0 Å². The SMILES string of the molecule is CCNC(=NCc1ccc(C(=O)N(CC)CC)cc1)N1CCCC(C)C1.I. The van der Waals surface area contributed by atoms with Gasteiger partial charge in [-0.25, -0.2) is 4.99 Å². The largest absolute Gasteiger partial charge is 0.357 e. The molecule has 0 saturated carbocycles.